The van der Waals surface area contributed by atoms with Crippen LogP contribution in [-0.2, 0) is 0 Å². The quantitative estimate of drug-likeness (QED) is 0.769. The second-order valence-corrected chi connectivity index (χ2v) is 3.55. The number of hydrogen-bond acceptors (Lipinski definition) is 6. The maximum absolute atomic E-state index is 8.61. The van der Waals surface area contributed by atoms with Gasteiger partial charge in [0.05, 0.1) is 29.9 Å². The van der Waals surface area contributed by atoms with Crippen molar-refractivity contribution in [1.29, 1.82) is 10.5 Å². The van der Waals surface area contributed by atoms with Gasteiger partial charge in [0, 0.05) is 0 Å². The Morgan fingerprint density at radius 2 is 2.06 bits per heavy atom. The summed E-state index contributed by atoms with van der Waals surface area (Å²) in [5.41, 5.74) is 0. The molecule has 0 aliphatic rings. The van der Waals surface area contributed by atoms with Crippen LogP contribution in [0.4, 0.5) is 5.95 Å². The van der Waals surface area contributed by atoms with Crippen molar-refractivity contribution in [3.8, 4) is 18.0 Å². The first-order chi connectivity index (χ1) is 7.72. The molecule has 1 rings (SSSR count). The molecule has 0 saturated heterocycles. The molecule has 0 amide bonds. The van der Waals surface area contributed by atoms with Gasteiger partial charge in [0.25, 0.3) is 0 Å². The molecule has 0 aliphatic heterocycles. The summed E-state index contributed by atoms with van der Waals surface area (Å²) in [5.74, 6) is 0.661. The summed E-state index contributed by atoms with van der Waals surface area (Å²) in [6.45, 7) is 0.108. The Labute approximate surface area is 101 Å². The van der Waals surface area contributed by atoms with Crippen LogP contribution >= 0.6 is 15.9 Å². The highest BCUT2D eigenvalue weighted by atomic mass is 79.9. The Morgan fingerprint density at radius 3 is 2.56 bits per heavy atom. The fourth-order valence-corrected chi connectivity index (χ4v) is 1.36. The summed E-state index contributed by atoms with van der Waals surface area (Å²) in [6.07, 6.45) is 1.52. The predicted octanol–water partition coefficient (Wildman–Crippen LogP) is 1.10. The topological polar surface area (TPSA) is 85.8 Å². The van der Waals surface area contributed by atoms with Gasteiger partial charge in [-0.15, -0.1) is 0 Å². The second kappa shape index (κ2) is 5.89. The maximum Gasteiger partial charge on any atom is 0.232 e. The lowest BCUT2D eigenvalue weighted by molar-refractivity contribution is 0.394. The Kier molecular flexibility index (Phi) is 4.49. The molecule has 0 aromatic carbocycles. The SMILES string of the molecule is COc1nc(N(CC#N)CC#N)ncc1Br. The minimum absolute atomic E-state index is 0.0539. The average Bonchev–Trinajstić information content (AvgIpc) is 2.29. The van der Waals surface area contributed by atoms with E-state index in [1.807, 2.05) is 12.1 Å². The summed E-state index contributed by atoms with van der Waals surface area (Å²) < 4.78 is 5.62. The van der Waals surface area contributed by atoms with Crippen LogP contribution in [0, 0.1) is 22.7 Å². The van der Waals surface area contributed by atoms with Gasteiger partial charge in [-0.05, 0) is 15.9 Å². The van der Waals surface area contributed by atoms with Crippen LogP contribution < -0.4 is 9.64 Å². The van der Waals surface area contributed by atoms with E-state index in [-0.39, 0.29) is 13.1 Å². The van der Waals surface area contributed by atoms with E-state index in [1.54, 1.807) is 0 Å². The lowest BCUT2D eigenvalue weighted by Crippen LogP contribution is -2.26. The molecular formula is C9H8BrN5O. The third-order valence-electron chi connectivity index (χ3n) is 1.70. The van der Waals surface area contributed by atoms with Crippen LogP contribution in [0.5, 0.6) is 5.88 Å². The minimum atomic E-state index is 0.0539. The number of ether oxygens (including phenoxy) is 1. The van der Waals surface area contributed by atoms with Crippen LogP contribution in [-0.4, -0.2) is 30.2 Å². The molecule has 1 aromatic rings. The molecule has 82 valence electrons. The van der Waals surface area contributed by atoms with E-state index < -0.39 is 0 Å². The van der Waals surface area contributed by atoms with E-state index >= 15 is 0 Å². The molecular weight excluding hydrogens is 274 g/mol. The van der Waals surface area contributed by atoms with Crippen molar-refractivity contribution in [2.45, 2.75) is 0 Å². The first-order valence-corrected chi connectivity index (χ1v) is 5.07. The van der Waals surface area contributed by atoms with Crippen molar-refractivity contribution in [3.63, 3.8) is 0 Å². The van der Waals surface area contributed by atoms with Gasteiger partial charge in [-0.2, -0.15) is 15.5 Å². The van der Waals surface area contributed by atoms with E-state index in [1.165, 1.54) is 18.2 Å². The number of anilines is 1. The Hall–Kier alpha value is -1.86. The molecule has 0 radical (unpaired) electrons. The monoisotopic (exact) mass is 281 g/mol. The lowest BCUT2D eigenvalue weighted by atomic mass is 10.5. The Morgan fingerprint density at radius 1 is 1.44 bits per heavy atom. The lowest BCUT2D eigenvalue weighted by Gasteiger charge is -2.15. The molecule has 0 bridgehead atoms. The van der Waals surface area contributed by atoms with Gasteiger partial charge in [0.15, 0.2) is 0 Å². The molecule has 6 nitrogen and oxygen atoms in total. The Balaban J connectivity index is 3.02. The first-order valence-electron chi connectivity index (χ1n) is 4.28. The molecule has 0 fully saturated rings. The molecule has 0 N–H and O–H groups in total. The van der Waals surface area contributed by atoms with Crippen LogP contribution in [0.15, 0.2) is 10.7 Å². The molecule has 0 saturated carbocycles. The number of halogens is 1. The van der Waals surface area contributed by atoms with Gasteiger partial charge in [-0.1, -0.05) is 0 Å². The van der Waals surface area contributed by atoms with Gasteiger partial charge in [-0.3, -0.25) is 0 Å². The Bertz CT molecular complexity index is 434. The average molecular weight is 282 g/mol. The highest BCUT2D eigenvalue weighted by molar-refractivity contribution is 9.10. The second-order valence-electron chi connectivity index (χ2n) is 2.70. The van der Waals surface area contributed by atoms with E-state index in [2.05, 4.69) is 25.9 Å². The number of methoxy groups -OCH3 is 1. The highest BCUT2D eigenvalue weighted by Crippen LogP contribution is 2.23. The number of aromatic nitrogens is 2. The summed E-state index contributed by atoms with van der Waals surface area (Å²) >= 11 is 3.22. The number of nitriles is 2. The zero-order chi connectivity index (χ0) is 12.0. The predicted molar refractivity (Wildman–Crippen MR) is 59.7 cm³/mol. The molecule has 7 heteroatoms. The van der Waals surface area contributed by atoms with Gasteiger partial charge >= 0.3 is 0 Å². The molecule has 0 spiro atoms. The van der Waals surface area contributed by atoms with Gasteiger partial charge in [0.1, 0.15) is 13.1 Å². The molecule has 0 unspecified atom stereocenters. The van der Waals surface area contributed by atoms with E-state index in [0.29, 0.717) is 16.3 Å². The van der Waals surface area contributed by atoms with Gasteiger partial charge < -0.3 is 9.64 Å². The fraction of sp³-hybridized carbons (Fsp3) is 0.333. The third kappa shape index (κ3) is 2.81. The van der Waals surface area contributed by atoms with Crippen LogP contribution in [0.2, 0.25) is 0 Å². The zero-order valence-corrected chi connectivity index (χ0v) is 10.1. The number of nitrogens with zero attached hydrogens (tertiary/aromatic N) is 5. The smallest absolute Gasteiger partial charge is 0.232 e. The normalized spacial score (nSPS) is 9.00. The number of rotatable bonds is 4. The molecule has 16 heavy (non-hydrogen) atoms. The summed E-state index contributed by atoms with van der Waals surface area (Å²) in [5, 5.41) is 17.2. The van der Waals surface area contributed by atoms with Crippen molar-refractivity contribution in [2.24, 2.45) is 0 Å². The van der Waals surface area contributed by atoms with Crippen molar-refractivity contribution in [2.75, 3.05) is 25.1 Å². The van der Waals surface area contributed by atoms with Crippen LogP contribution in [0.1, 0.15) is 0 Å². The van der Waals surface area contributed by atoms with Gasteiger partial charge in [-0.25, -0.2) is 4.98 Å². The molecule has 0 aliphatic carbocycles. The molecule has 1 aromatic heterocycles. The summed E-state index contributed by atoms with van der Waals surface area (Å²) in [6, 6.07) is 3.89. The standard InChI is InChI=1S/C9H8BrN5O/c1-16-8-7(10)6-13-9(14-8)15(4-2-11)5-3-12/h6H,4-5H2,1H3. The van der Waals surface area contributed by atoms with Crippen LogP contribution in [0.3, 0.4) is 0 Å². The highest BCUT2D eigenvalue weighted by Gasteiger charge is 2.11. The van der Waals surface area contributed by atoms with E-state index in [4.69, 9.17) is 15.3 Å². The van der Waals surface area contributed by atoms with Crippen molar-refractivity contribution >= 4 is 21.9 Å². The molecule has 0 atom stereocenters. The summed E-state index contributed by atoms with van der Waals surface area (Å²) in [4.78, 5) is 9.54. The summed E-state index contributed by atoms with van der Waals surface area (Å²) in [7, 11) is 1.48. The fourth-order valence-electron chi connectivity index (χ4n) is 1.01. The van der Waals surface area contributed by atoms with Crippen molar-refractivity contribution in [3.05, 3.63) is 10.7 Å². The van der Waals surface area contributed by atoms with Crippen molar-refractivity contribution < 1.29 is 4.74 Å². The van der Waals surface area contributed by atoms with Crippen molar-refractivity contribution in [1.82, 2.24) is 9.97 Å². The van der Waals surface area contributed by atoms with E-state index in [9.17, 15) is 0 Å². The van der Waals surface area contributed by atoms with Crippen LogP contribution in [0.25, 0.3) is 0 Å². The minimum Gasteiger partial charge on any atom is -0.480 e. The third-order valence-corrected chi connectivity index (χ3v) is 2.24. The number of hydrogen-bond donors (Lipinski definition) is 0. The van der Waals surface area contributed by atoms with Gasteiger partial charge in [0.2, 0.25) is 11.8 Å². The first kappa shape index (κ1) is 12.2. The van der Waals surface area contributed by atoms with E-state index in [0.717, 1.165) is 0 Å². The maximum atomic E-state index is 8.61. The largest absolute Gasteiger partial charge is 0.480 e. The zero-order valence-electron chi connectivity index (χ0n) is 8.51. The molecule has 1 heterocycles.